The number of aliphatic hydroxyl groups is 2. The third kappa shape index (κ3) is 5.04. The van der Waals surface area contributed by atoms with Gasteiger partial charge in [-0.15, -0.1) is 11.6 Å². The van der Waals surface area contributed by atoms with Gasteiger partial charge in [0.15, 0.2) is 5.82 Å². The van der Waals surface area contributed by atoms with E-state index in [2.05, 4.69) is 15.2 Å². The lowest BCUT2D eigenvalue weighted by Gasteiger charge is -2.31. The molecule has 6 atom stereocenters. The van der Waals surface area contributed by atoms with Crippen molar-refractivity contribution in [2.24, 2.45) is 0 Å². The Kier molecular flexibility index (Phi) is 7.53. The van der Waals surface area contributed by atoms with Crippen molar-refractivity contribution in [1.82, 2.24) is 19.7 Å². The summed E-state index contributed by atoms with van der Waals surface area (Å²) >= 11 is 6.17. The average molecular weight is 542 g/mol. The summed E-state index contributed by atoms with van der Waals surface area (Å²) in [4.78, 5) is 15.3. The number of rotatable bonds is 10. The number of carbonyl (C=O) groups is 1. The van der Waals surface area contributed by atoms with Crippen LogP contribution in [-0.2, 0) is 18.6 Å². The highest BCUT2D eigenvalue weighted by atomic mass is 35.5. The van der Waals surface area contributed by atoms with Gasteiger partial charge in [0.05, 0.1) is 18.2 Å². The van der Waals surface area contributed by atoms with E-state index in [0.29, 0.717) is 11.2 Å². The van der Waals surface area contributed by atoms with Gasteiger partial charge in [0.1, 0.15) is 47.5 Å². The summed E-state index contributed by atoms with van der Waals surface area (Å²) in [6.45, 7) is 0.644. The van der Waals surface area contributed by atoms with E-state index in [-0.39, 0.29) is 17.4 Å². The van der Waals surface area contributed by atoms with Crippen LogP contribution in [0.1, 0.15) is 18.7 Å². The van der Waals surface area contributed by atoms with Crippen LogP contribution in [0.25, 0.3) is 5.52 Å². The highest BCUT2D eigenvalue weighted by Crippen LogP contribution is 2.48. The molecule has 1 aliphatic rings. The molecule has 36 heavy (non-hydrogen) atoms. The Hall–Kier alpha value is -2.77. The maximum Gasteiger partial charge on any atom is 0.459 e. The van der Waals surface area contributed by atoms with Gasteiger partial charge >= 0.3 is 13.7 Å². The van der Waals surface area contributed by atoms with Crippen molar-refractivity contribution in [3.63, 3.8) is 0 Å². The molecule has 0 spiro atoms. The van der Waals surface area contributed by atoms with Gasteiger partial charge in [0.25, 0.3) is 0 Å². The number of aliphatic hydroxyl groups excluding tert-OH is 2. The van der Waals surface area contributed by atoms with Crippen LogP contribution >= 0.6 is 19.3 Å². The molecule has 1 aliphatic heterocycles. The molecule has 15 heteroatoms. The van der Waals surface area contributed by atoms with Gasteiger partial charge in [0, 0.05) is 0 Å². The first kappa shape index (κ1) is 26.3. The number of carboxylic acid groups (broad SMARTS) is 1. The molecule has 2 unspecified atom stereocenters. The number of para-hydroxylation sites is 1. The first-order chi connectivity index (χ1) is 17.1. The number of aliphatic carboxylic acids is 1. The SMILES string of the molecule is CC(NP(=O)(OC[C@@]1(CCl)O[C@@H](c2ccc3c(N)ncnn23)[C@H](O)[C@@H]1O)Oc1ccccc1)C(=O)O. The predicted octanol–water partition coefficient (Wildman–Crippen LogP) is 1.35. The summed E-state index contributed by atoms with van der Waals surface area (Å²) in [6, 6.07) is 9.90. The summed E-state index contributed by atoms with van der Waals surface area (Å²) in [5.74, 6) is -1.32. The van der Waals surface area contributed by atoms with Gasteiger partial charge in [-0.1, -0.05) is 18.2 Å². The van der Waals surface area contributed by atoms with Crippen LogP contribution < -0.4 is 15.3 Å². The zero-order valence-corrected chi connectivity index (χ0v) is 20.6. The molecule has 3 aromatic rings. The molecule has 0 amide bonds. The second kappa shape index (κ2) is 10.3. The smallest absolute Gasteiger partial charge is 0.459 e. The van der Waals surface area contributed by atoms with E-state index in [1.165, 1.54) is 29.9 Å². The molecule has 0 bridgehead atoms. The fraction of sp³-hybridized carbons (Fsp3) is 0.381. The third-order valence-corrected chi connectivity index (χ3v) is 7.81. The van der Waals surface area contributed by atoms with Gasteiger partial charge in [-0.3, -0.25) is 9.32 Å². The number of alkyl halides is 1. The number of halogens is 1. The molecular formula is C21H25ClN5O8P. The lowest BCUT2D eigenvalue weighted by atomic mass is 9.96. The maximum atomic E-state index is 13.5. The first-order valence-electron chi connectivity index (χ1n) is 10.8. The average Bonchev–Trinajstić information content (AvgIpc) is 3.39. The Balaban J connectivity index is 1.60. The van der Waals surface area contributed by atoms with Crippen molar-refractivity contribution in [2.75, 3.05) is 18.2 Å². The van der Waals surface area contributed by atoms with Gasteiger partial charge in [0.2, 0.25) is 0 Å². The molecule has 194 valence electrons. The first-order valence-corrected chi connectivity index (χ1v) is 12.8. The fourth-order valence-corrected chi connectivity index (χ4v) is 5.61. The van der Waals surface area contributed by atoms with Gasteiger partial charge in [-0.2, -0.15) is 10.2 Å². The quantitative estimate of drug-likeness (QED) is 0.183. The topological polar surface area (TPSA) is 191 Å². The summed E-state index contributed by atoms with van der Waals surface area (Å²) in [5, 5.41) is 37.5. The molecule has 0 aliphatic carbocycles. The molecular weight excluding hydrogens is 517 g/mol. The number of fused-ring (bicyclic) bond motifs is 1. The molecule has 6 N–H and O–H groups in total. The number of nitrogen functional groups attached to an aromatic ring is 1. The summed E-state index contributed by atoms with van der Waals surface area (Å²) in [7, 11) is -4.34. The number of hydrogen-bond donors (Lipinski definition) is 5. The largest absolute Gasteiger partial charge is 0.480 e. The molecule has 3 heterocycles. The Labute approximate surface area is 210 Å². The van der Waals surface area contributed by atoms with E-state index >= 15 is 0 Å². The van der Waals surface area contributed by atoms with Crippen LogP contribution in [0.5, 0.6) is 5.75 Å². The zero-order valence-electron chi connectivity index (χ0n) is 19.0. The highest BCUT2D eigenvalue weighted by molar-refractivity contribution is 7.52. The second-order valence-electron chi connectivity index (χ2n) is 8.24. The third-order valence-electron chi connectivity index (χ3n) is 5.73. The van der Waals surface area contributed by atoms with Crippen molar-refractivity contribution in [2.45, 2.75) is 36.9 Å². The number of hydrogen-bond acceptors (Lipinski definition) is 10. The molecule has 13 nitrogen and oxygen atoms in total. The number of nitrogens with one attached hydrogen (secondary N) is 1. The van der Waals surface area contributed by atoms with Crippen LogP contribution in [0.2, 0.25) is 0 Å². The van der Waals surface area contributed by atoms with E-state index in [9.17, 15) is 24.7 Å². The molecule has 4 rings (SSSR count). The van der Waals surface area contributed by atoms with E-state index in [1.807, 2.05) is 0 Å². The summed E-state index contributed by atoms with van der Waals surface area (Å²) < 4.78 is 32.0. The van der Waals surface area contributed by atoms with Crippen molar-refractivity contribution in [1.29, 1.82) is 0 Å². The van der Waals surface area contributed by atoms with E-state index in [4.69, 9.17) is 31.1 Å². The maximum absolute atomic E-state index is 13.5. The monoisotopic (exact) mass is 541 g/mol. The van der Waals surface area contributed by atoms with Crippen LogP contribution in [0.4, 0.5) is 5.82 Å². The fourth-order valence-electron chi connectivity index (χ4n) is 3.76. The van der Waals surface area contributed by atoms with Crippen LogP contribution in [-0.4, -0.2) is 72.2 Å². The number of anilines is 1. The molecule has 1 saturated heterocycles. The van der Waals surface area contributed by atoms with Gasteiger partial charge in [-0.05, 0) is 31.2 Å². The standard InChI is InChI=1S/C21H25ClN5O8P/c1-12(20(30)31)26-36(32,35-13-5-3-2-4-6-13)33-10-21(9-22)18(29)16(28)17(34-21)14-7-8-15-19(23)24-11-25-27(14)15/h2-8,11-12,16-18,28-29H,9-10H2,1H3,(H,26,32)(H,30,31)(H2,23,24,25)/t12?,16-,17-,18-,21+,36?/m0/s1. The van der Waals surface area contributed by atoms with Crippen LogP contribution in [0, 0.1) is 0 Å². The Bertz CT molecular complexity index is 1280. The number of ether oxygens (including phenoxy) is 1. The van der Waals surface area contributed by atoms with Crippen molar-refractivity contribution in [3.05, 3.63) is 54.5 Å². The van der Waals surface area contributed by atoms with Crippen LogP contribution in [0.3, 0.4) is 0 Å². The van der Waals surface area contributed by atoms with Crippen LogP contribution in [0.15, 0.2) is 48.8 Å². The second-order valence-corrected chi connectivity index (χ2v) is 10.2. The summed E-state index contributed by atoms with van der Waals surface area (Å²) in [6.07, 6.45) is -2.93. The lowest BCUT2D eigenvalue weighted by molar-refractivity contribution is -0.138. The highest BCUT2D eigenvalue weighted by Gasteiger charge is 2.56. The van der Waals surface area contributed by atoms with Gasteiger partial charge < -0.3 is 30.3 Å². The molecule has 1 fully saturated rings. The number of carboxylic acids is 1. The molecule has 2 aromatic heterocycles. The normalized spacial score (nSPS) is 26.5. The minimum absolute atomic E-state index is 0.147. The minimum Gasteiger partial charge on any atom is -0.480 e. The number of nitrogens with two attached hydrogens (primary N) is 1. The van der Waals surface area contributed by atoms with Gasteiger partial charge in [-0.25, -0.2) is 14.1 Å². The minimum atomic E-state index is -4.34. The van der Waals surface area contributed by atoms with Crippen molar-refractivity contribution < 1.29 is 38.5 Å². The summed E-state index contributed by atoms with van der Waals surface area (Å²) in [5.41, 5.74) is 4.96. The Morgan fingerprint density at radius 1 is 1.33 bits per heavy atom. The predicted molar refractivity (Wildman–Crippen MR) is 128 cm³/mol. The molecule has 1 aromatic carbocycles. The van der Waals surface area contributed by atoms with E-state index < -0.39 is 50.3 Å². The molecule has 0 saturated carbocycles. The number of aromatic nitrogens is 3. The van der Waals surface area contributed by atoms with E-state index in [0.717, 1.165) is 0 Å². The number of benzene rings is 1. The van der Waals surface area contributed by atoms with Crippen molar-refractivity contribution in [3.8, 4) is 5.75 Å². The lowest BCUT2D eigenvalue weighted by Crippen LogP contribution is -2.49. The van der Waals surface area contributed by atoms with Crippen molar-refractivity contribution >= 4 is 36.7 Å². The Morgan fingerprint density at radius 2 is 2.06 bits per heavy atom. The van der Waals surface area contributed by atoms with E-state index in [1.54, 1.807) is 30.3 Å². The zero-order chi connectivity index (χ0) is 26.1. The molecule has 0 radical (unpaired) electrons. The number of nitrogens with zero attached hydrogens (tertiary/aromatic N) is 3. The Morgan fingerprint density at radius 3 is 2.72 bits per heavy atom.